The number of carbonyl (C=O) groups excluding carboxylic acids is 2. The highest BCUT2D eigenvalue weighted by Crippen LogP contribution is 2.55. The number of ether oxygens (including phenoxy) is 1. The first kappa shape index (κ1) is 19.3. The molecule has 4 aliphatic carbocycles. The number of thioether (sulfide) groups is 1. The lowest BCUT2D eigenvalue weighted by Crippen LogP contribution is -2.61. The van der Waals surface area contributed by atoms with Gasteiger partial charge in [0.2, 0.25) is 11.1 Å². The number of hydrogen-bond donors (Lipinski definition) is 2. The highest BCUT2D eigenvalue weighted by atomic mass is 32.2. The fourth-order valence-corrected chi connectivity index (χ4v) is 6.91. The Morgan fingerprint density at radius 2 is 1.90 bits per heavy atom. The van der Waals surface area contributed by atoms with Gasteiger partial charge in [-0.05, 0) is 79.5 Å². The van der Waals surface area contributed by atoms with E-state index < -0.39 is 0 Å². The van der Waals surface area contributed by atoms with Crippen LogP contribution in [0.15, 0.2) is 5.16 Å². The van der Waals surface area contributed by atoms with Crippen LogP contribution in [0.1, 0.15) is 51.4 Å². The van der Waals surface area contributed by atoms with Crippen molar-refractivity contribution in [1.29, 1.82) is 0 Å². The van der Waals surface area contributed by atoms with E-state index >= 15 is 0 Å². The van der Waals surface area contributed by atoms with E-state index in [9.17, 15) is 9.59 Å². The molecule has 5 aliphatic rings. The summed E-state index contributed by atoms with van der Waals surface area (Å²) >= 11 is 1.24. The van der Waals surface area contributed by atoms with E-state index in [1.807, 2.05) is 0 Å². The van der Waals surface area contributed by atoms with Crippen molar-refractivity contribution in [3.63, 3.8) is 0 Å². The van der Waals surface area contributed by atoms with Crippen LogP contribution in [0.5, 0.6) is 0 Å². The number of aromatic nitrogens is 4. The average molecular weight is 421 g/mol. The first-order valence-electron chi connectivity index (χ1n) is 10.7. The summed E-state index contributed by atoms with van der Waals surface area (Å²) < 4.78 is 7.29. The van der Waals surface area contributed by atoms with Gasteiger partial charge >= 0.3 is 6.03 Å². The summed E-state index contributed by atoms with van der Waals surface area (Å²) in [6.45, 7) is 1.36. The van der Waals surface area contributed by atoms with Crippen molar-refractivity contribution in [3.8, 4) is 0 Å². The number of hydrogen-bond acceptors (Lipinski definition) is 7. The Balaban J connectivity index is 1.10. The molecule has 6 rings (SSSR count). The van der Waals surface area contributed by atoms with Crippen molar-refractivity contribution in [2.24, 2.45) is 17.8 Å². The van der Waals surface area contributed by atoms with Gasteiger partial charge in [-0.15, -0.1) is 5.10 Å². The van der Waals surface area contributed by atoms with Gasteiger partial charge in [-0.1, -0.05) is 11.8 Å². The monoisotopic (exact) mass is 420 g/mol. The molecule has 1 aromatic rings. The van der Waals surface area contributed by atoms with Crippen LogP contribution in [0.4, 0.5) is 4.79 Å². The maximum Gasteiger partial charge on any atom is 0.321 e. The quantitative estimate of drug-likeness (QED) is 0.674. The molecule has 0 aromatic carbocycles. The molecule has 4 saturated carbocycles. The number of carbonyl (C=O) groups is 2. The first-order valence-corrected chi connectivity index (χ1v) is 11.7. The summed E-state index contributed by atoms with van der Waals surface area (Å²) in [5, 5.41) is 17.9. The summed E-state index contributed by atoms with van der Waals surface area (Å²) in [6.07, 6.45) is 9.31. The fraction of sp³-hybridized carbons (Fsp3) is 0.842. The third-order valence-electron chi connectivity index (χ3n) is 6.90. The molecule has 1 unspecified atom stereocenters. The van der Waals surface area contributed by atoms with Crippen molar-refractivity contribution in [1.82, 2.24) is 30.8 Å². The molecule has 0 spiro atoms. The molecular formula is C19H28N6O3S. The largest absolute Gasteiger partial charge is 0.376 e. The van der Waals surface area contributed by atoms with Gasteiger partial charge in [0.25, 0.3) is 0 Å². The molecule has 3 amide bonds. The Morgan fingerprint density at radius 3 is 2.55 bits per heavy atom. The van der Waals surface area contributed by atoms with Crippen molar-refractivity contribution in [3.05, 3.63) is 0 Å². The van der Waals surface area contributed by atoms with E-state index in [1.54, 1.807) is 4.68 Å². The number of imide groups is 1. The lowest BCUT2D eigenvalue weighted by atomic mass is 9.53. The number of amides is 3. The molecule has 1 atom stereocenters. The van der Waals surface area contributed by atoms with Gasteiger partial charge in [0.1, 0.15) is 0 Å². The minimum Gasteiger partial charge on any atom is -0.376 e. The molecule has 0 radical (unpaired) electrons. The number of rotatable bonds is 6. The molecule has 1 aromatic heterocycles. The van der Waals surface area contributed by atoms with E-state index in [4.69, 9.17) is 4.74 Å². The van der Waals surface area contributed by atoms with Gasteiger partial charge in [0.15, 0.2) is 0 Å². The number of nitrogens with zero attached hydrogens (tertiary/aromatic N) is 4. The summed E-state index contributed by atoms with van der Waals surface area (Å²) in [5.41, 5.74) is -0.0996. The Kier molecular flexibility index (Phi) is 5.23. The van der Waals surface area contributed by atoms with Crippen LogP contribution in [0.3, 0.4) is 0 Å². The van der Waals surface area contributed by atoms with Crippen LogP contribution >= 0.6 is 11.8 Å². The second-order valence-corrected chi connectivity index (χ2v) is 10.2. The predicted octanol–water partition coefficient (Wildman–Crippen LogP) is 1.74. The van der Waals surface area contributed by atoms with Crippen molar-refractivity contribution < 1.29 is 14.3 Å². The van der Waals surface area contributed by atoms with Gasteiger partial charge in [0, 0.05) is 12.1 Å². The lowest BCUT2D eigenvalue weighted by molar-refractivity contribution is -0.117. The van der Waals surface area contributed by atoms with Crippen LogP contribution in [0.2, 0.25) is 0 Å². The van der Waals surface area contributed by atoms with Gasteiger partial charge < -0.3 is 10.1 Å². The van der Waals surface area contributed by atoms with Crippen molar-refractivity contribution >= 4 is 23.7 Å². The molecule has 4 bridgehead atoms. The second-order valence-electron chi connectivity index (χ2n) is 9.27. The minimum absolute atomic E-state index is 0.0974. The van der Waals surface area contributed by atoms with Crippen molar-refractivity contribution in [2.75, 3.05) is 12.4 Å². The maximum absolute atomic E-state index is 12.5. The van der Waals surface area contributed by atoms with Crippen LogP contribution in [0.25, 0.3) is 0 Å². The molecule has 29 heavy (non-hydrogen) atoms. The van der Waals surface area contributed by atoms with Crippen LogP contribution in [-0.4, -0.2) is 56.1 Å². The first-order chi connectivity index (χ1) is 14.1. The Morgan fingerprint density at radius 1 is 1.17 bits per heavy atom. The molecule has 5 fully saturated rings. The molecule has 10 heteroatoms. The third kappa shape index (κ3) is 4.28. The van der Waals surface area contributed by atoms with Gasteiger partial charge in [-0.2, -0.15) is 0 Å². The fourth-order valence-electron chi connectivity index (χ4n) is 6.22. The molecular weight excluding hydrogens is 392 g/mol. The Hall–Kier alpha value is -1.68. The van der Waals surface area contributed by atoms with Crippen molar-refractivity contribution in [2.45, 2.75) is 74.7 Å². The maximum atomic E-state index is 12.5. The molecule has 9 nitrogen and oxygen atoms in total. The highest BCUT2D eigenvalue weighted by molar-refractivity contribution is 7.99. The molecule has 1 saturated heterocycles. The summed E-state index contributed by atoms with van der Waals surface area (Å²) in [7, 11) is 0. The summed E-state index contributed by atoms with van der Waals surface area (Å²) in [6, 6.07) is -0.364. The number of nitrogens with one attached hydrogen (secondary N) is 2. The molecule has 2 heterocycles. The third-order valence-corrected chi connectivity index (χ3v) is 7.86. The minimum atomic E-state index is -0.364. The summed E-state index contributed by atoms with van der Waals surface area (Å²) in [4.78, 5) is 24.8. The van der Waals surface area contributed by atoms with Gasteiger partial charge in [0.05, 0.1) is 18.4 Å². The average Bonchev–Trinajstić information content (AvgIpc) is 3.30. The Bertz CT molecular complexity index is 742. The lowest BCUT2D eigenvalue weighted by Gasteiger charge is -2.56. The van der Waals surface area contributed by atoms with E-state index in [0.29, 0.717) is 11.7 Å². The standard InChI is InChI=1S/C19H28N6O3S/c26-16(11-29-18-22-23-24-25(18)10-15-2-1-3-28-15)20-17(27)21-19-7-12-4-13(8-19)6-14(5-12)9-19/h12-15H,1-11H2,(H2,20,21,26,27). The molecule has 158 valence electrons. The molecule has 1 aliphatic heterocycles. The smallest absolute Gasteiger partial charge is 0.321 e. The zero-order chi connectivity index (χ0) is 19.8. The number of urea groups is 1. The van der Waals surface area contributed by atoms with Gasteiger partial charge in [-0.3, -0.25) is 10.1 Å². The Labute approximate surface area is 174 Å². The summed E-state index contributed by atoms with van der Waals surface area (Å²) in [5.74, 6) is 2.01. The van der Waals surface area contributed by atoms with E-state index in [2.05, 4.69) is 26.2 Å². The number of tetrazole rings is 1. The SMILES string of the molecule is O=C(CSc1nnnn1CC1CCCO1)NC(=O)NC12CC3CC(CC(C3)C1)C2. The second kappa shape index (κ2) is 7.86. The molecule has 2 N–H and O–H groups in total. The predicted molar refractivity (Wildman–Crippen MR) is 105 cm³/mol. The zero-order valence-electron chi connectivity index (χ0n) is 16.5. The highest BCUT2D eigenvalue weighted by Gasteiger charge is 2.51. The topological polar surface area (TPSA) is 111 Å². The van der Waals surface area contributed by atoms with Crippen LogP contribution in [-0.2, 0) is 16.1 Å². The van der Waals surface area contributed by atoms with E-state index in [-0.39, 0.29) is 29.3 Å². The van der Waals surface area contributed by atoms with Crippen LogP contribution < -0.4 is 10.6 Å². The van der Waals surface area contributed by atoms with Crippen LogP contribution in [0, 0.1) is 17.8 Å². The van der Waals surface area contributed by atoms with Gasteiger partial charge in [-0.25, -0.2) is 9.48 Å². The normalized spacial score (nSPS) is 35.0. The van der Waals surface area contributed by atoms with E-state index in [0.717, 1.165) is 56.5 Å². The zero-order valence-corrected chi connectivity index (χ0v) is 17.3. The van der Waals surface area contributed by atoms with E-state index in [1.165, 1.54) is 31.0 Å².